The third kappa shape index (κ3) is 4.40. The van der Waals surface area contributed by atoms with Gasteiger partial charge in [-0.25, -0.2) is 9.78 Å². The number of aromatic amines is 1. The fourth-order valence-corrected chi connectivity index (χ4v) is 3.40. The molecule has 0 saturated carbocycles. The van der Waals surface area contributed by atoms with E-state index in [2.05, 4.69) is 15.3 Å². The molecule has 7 nitrogen and oxygen atoms in total. The first-order valence-corrected chi connectivity index (χ1v) is 9.14. The Morgan fingerprint density at radius 1 is 1.28 bits per heavy atom. The lowest BCUT2D eigenvalue weighted by atomic mass is 10.2. The molecule has 1 aliphatic rings. The van der Waals surface area contributed by atoms with Crippen molar-refractivity contribution in [2.24, 2.45) is 0 Å². The minimum atomic E-state index is -0.396. The molecular weight excluding hydrogens is 342 g/mol. The van der Waals surface area contributed by atoms with Crippen molar-refractivity contribution in [3.05, 3.63) is 51.4 Å². The molecule has 25 heavy (non-hydrogen) atoms. The van der Waals surface area contributed by atoms with E-state index in [1.54, 1.807) is 36.0 Å². The molecule has 0 atom stereocenters. The zero-order valence-electron chi connectivity index (χ0n) is 13.8. The summed E-state index contributed by atoms with van der Waals surface area (Å²) >= 11 is 1.68. The molecular formula is C17H19N3O4S. The Bertz CT molecular complexity index is 805. The maximum atomic E-state index is 12.0. The largest absolute Gasteiger partial charge is 0.460 e. The molecule has 1 aromatic heterocycles. The minimum absolute atomic E-state index is 0.105. The highest BCUT2D eigenvalue weighted by Gasteiger charge is 2.17. The van der Waals surface area contributed by atoms with Crippen LogP contribution in [0.2, 0.25) is 0 Å². The van der Waals surface area contributed by atoms with Crippen molar-refractivity contribution in [3.8, 4) is 0 Å². The monoisotopic (exact) mass is 361 g/mol. The highest BCUT2D eigenvalue weighted by Crippen LogP contribution is 2.26. The number of anilines is 2. The topological polar surface area (TPSA) is 93.3 Å². The Hall–Kier alpha value is -2.32. The standard InChI is InChI=1S/C17H19N3O4S/c1-2-23-7-8-24-16(22)11-3-5-12(6-4-11)18-17-19-14-10-25-9-13(14)15(21)20-17/h3-6H,2,7-10H2,1H3,(H2,18,19,20,21). The van der Waals surface area contributed by atoms with Gasteiger partial charge in [-0.1, -0.05) is 0 Å². The van der Waals surface area contributed by atoms with Crippen molar-refractivity contribution in [3.63, 3.8) is 0 Å². The van der Waals surface area contributed by atoms with Crippen LogP contribution >= 0.6 is 11.8 Å². The second kappa shape index (κ2) is 8.17. The number of thioether (sulfide) groups is 1. The molecule has 2 heterocycles. The van der Waals surface area contributed by atoms with Crippen molar-refractivity contribution >= 4 is 29.4 Å². The zero-order valence-corrected chi connectivity index (χ0v) is 14.6. The first kappa shape index (κ1) is 17.5. The van der Waals surface area contributed by atoms with Gasteiger partial charge in [-0.05, 0) is 31.2 Å². The summed E-state index contributed by atoms with van der Waals surface area (Å²) in [6.45, 7) is 3.09. The van der Waals surface area contributed by atoms with Gasteiger partial charge in [0.1, 0.15) is 6.61 Å². The normalized spacial score (nSPS) is 12.7. The molecule has 2 N–H and O–H groups in total. The first-order chi connectivity index (χ1) is 12.2. The number of H-pyrrole nitrogens is 1. The average molecular weight is 361 g/mol. The van der Waals surface area contributed by atoms with E-state index in [0.29, 0.717) is 30.5 Å². The van der Waals surface area contributed by atoms with E-state index in [-0.39, 0.29) is 12.2 Å². The summed E-state index contributed by atoms with van der Waals surface area (Å²) in [6, 6.07) is 6.79. The zero-order chi connectivity index (χ0) is 17.6. The first-order valence-electron chi connectivity index (χ1n) is 7.99. The van der Waals surface area contributed by atoms with Gasteiger partial charge in [-0.3, -0.25) is 9.78 Å². The molecule has 0 saturated heterocycles. The number of ether oxygens (including phenoxy) is 2. The number of fused-ring (bicyclic) bond motifs is 1. The van der Waals surface area contributed by atoms with Gasteiger partial charge in [0.25, 0.3) is 5.56 Å². The number of hydrogen-bond donors (Lipinski definition) is 2. The van der Waals surface area contributed by atoms with Crippen molar-refractivity contribution in [2.45, 2.75) is 18.4 Å². The molecule has 0 bridgehead atoms. The van der Waals surface area contributed by atoms with Crippen LogP contribution in [0.4, 0.5) is 11.6 Å². The van der Waals surface area contributed by atoms with E-state index in [0.717, 1.165) is 22.7 Å². The lowest BCUT2D eigenvalue weighted by Gasteiger charge is -2.08. The number of hydrogen-bond acceptors (Lipinski definition) is 7. The van der Waals surface area contributed by atoms with Crippen LogP contribution in [-0.2, 0) is 21.0 Å². The Balaban J connectivity index is 1.62. The van der Waals surface area contributed by atoms with Crippen LogP contribution < -0.4 is 10.9 Å². The molecule has 2 aromatic rings. The number of aromatic nitrogens is 2. The average Bonchev–Trinajstić information content (AvgIpc) is 3.08. The Morgan fingerprint density at radius 3 is 2.84 bits per heavy atom. The van der Waals surface area contributed by atoms with Crippen LogP contribution in [0.25, 0.3) is 0 Å². The van der Waals surface area contributed by atoms with Gasteiger partial charge in [-0.2, -0.15) is 11.8 Å². The molecule has 1 aromatic carbocycles. The molecule has 0 fully saturated rings. The van der Waals surface area contributed by atoms with Gasteiger partial charge in [0.2, 0.25) is 5.95 Å². The second-order valence-corrected chi connectivity index (χ2v) is 6.35. The summed E-state index contributed by atoms with van der Waals surface area (Å²) in [7, 11) is 0. The van der Waals surface area contributed by atoms with Gasteiger partial charge >= 0.3 is 5.97 Å². The SMILES string of the molecule is CCOCCOC(=O)c1ccc(Nc2nc3c(c(=O)[nH]2)CSC3)cc1. The molecule has 0 unspecified atom stereocenters. The van der Waals surface area contributed by atoms with Gasteiger partial charge in [0.15, 0.2) is 0 Å². The quantitative estimate of drug-likeness (QED) is 0.578. The predicted molar refractivity (Wildman–Crippen MR) is 96.4 cm³/mol. The fraction of sp³-hybridized carbons (Fsp3) is 0.353. The third-order valence-corrected chi connectivity index (χ3v) is 4.60. The van der Waals surface area contributed by atoms with E-state index < -0.39 is 5.97 Å². The highest BCUT2D eigenvalue weighted by atomic mass is 32.2. The van der Waals surface area contributed by atoms with Crippen LogP contribution in [0.1, 0.15) is 28.5 Å². The van der Waals surface area contributed by atoms with Crippen molar-refractivity contribution in [1.82, 2.24) is 9.97 Å². The molecule has 132 valence electrons. The van der Waals surface area contributed by atoms with Gasteiger partial charge in [-0.15, -0.1) is 0 Å². The van der Waals surface area contributed by atoms with Gasteiger partial charge in [0.05, 0.1) is 17.9 Å². The van der Waals surface area contributed by atoms with Crippen LogP contribution in [0, 0.1) is 0 Å². The number of esters is 1. The number of rotatable bonds is 7. The summed E-state index contributed by atoms with van der Waals surface area (Å²) in [5.74, 6) is 1.46. The predicted octanol–water partition coefficient (Wildman–Crippen LogP) is 2.45. The summed E-state index contributed by atoms with van der Waals surface area (Å²) in [5, 5.41) is 3.05. The van der Waals surface area contributed by atoms with E-state index in [9.17, 15) is 9.59 Å². The van der Waals surface area contributed by atoms with Crippen molar-refractivity contribution in [1.29, 1.82) is 0 Å². The number of carbonyl (C=O) groups is 1. The maximum Gasteiger partial charge on any atom is 0.338 e. The molecule has 0 aliphatic carbocycles. The van der Waals surface area contributed by atoms with Crippen molar-refractivity contribution < 1.29 is 14.3 Å². The fourth-order valence-electron chi connectivity index (χ4n) is 2.37. The minimum Gasteiger partial charge on any atom is -0.460 e. The molecule has 8 heteroatoms. The van der Waals surface area contributed by atoms with Gasteiger partial charge < -0.3 is 14.8 Å². The Kier molecular flexibility index (Phi) is 5.72. The van der Waals surface area contributed by atoms with Crippen LogP contribution in [0.5, 0.6) is 0 Å². The Labute approximate surface area is 149 Å². The van der Waals surface area contributed by atoms with E-state index >= 15 is 0 Å². The van der Waals surface area contributed by atoms with Crippen molar-refractivity contribution in [2.75, 3.05) is 25.1 Å². The Morgan fingerprint density at radius 2 is 2.08 bits per heavy atom. The van der Waals surface area contributed by atoms with Crippen LogP contribution in [-0.4, -0.2) is 35.8 Å². The number of carbonyl (C=O) groups excluding carboxylic acids is 1. The molecule has 0 spiro atoms. The van der Waals surface area contributed by atoms with E-state index in [1.165, 1.54) is 0 Å². The summed E-state index contributed by atoms with van der Waals surface area (Å²) < 4.78 is 10.2. The summed E-state index contributed by atoms with van der Waals surface area (Å²) in [6.07, 6.45) is 0. The molecule has 0 radical (unpaired) electrons. The lowest BCUT2D eigenvalue weighted by Crippen LogP contribution is -2.16. The lowest BCUT2D eigenvalue weighted by molar-refractivity contribution is 0.0335. The number of nitrogens with one attached hydrogen (secondary N) is 2. The smallest absolute Gasteiger partial charge is 0.338 e. The number of benzene rings is 1. The van der Waals surface area contributed by atoms with Gasteiger partial charge in [0, 0.05) is 29.4 Å². The summed E-state index contributed by atoms with van der Waals surface area (Å²) in [4.78, 5) is 31.1. The number of nitrogens with zero attached hydrogens (tertiary/aromatic N) is 1. The third-order valence-electron chi connectivity index (χ3n) is 3.63. The van der Waals surface area contributed by atoms with Crippen LogP contribution in [0.3, 0.4) is 0 Å². The maximum absolute atomic E-state index is 12.0. The molecule has 1 aliphatic heterocycles. The van der Waals surface area contributed by atoms with Crippen LogP contribution in [0.15, 0.2) is 29.1 Å². The summed E-state index contributed by atoms with van der Waals surface area (Å²) in [5.41, 5.74) is 2.65. The molecule has 3 rings (SSSR count). The van der Waals surface area contributed by atoms with E-state index in [4.69, 9.17) is 9.47 Å². The molecule has 0 amide bonds. The second-order valence-electron chi connectivity index (χ2n) is 5.37. The van der Waals surface area contributed by atoms with E-state index in [1.807, 2.05) is 6.92 Å². The highest BCUT2D eigenvalue weighted by molar-refractivity contribution is 7.98.